The second-order valence-electron chi connectivity index (χ2n) is 4.14. The van der Waals surface area contributed by atoms with Crippen molar-refractivity contribution in [3.63, 3.8) is 0 Å². The van der Waals surface area contributed by atoms with Crippen molar-refractivity contribution >= 4 is 0 Å². The Hall–Kier alpha value is -2.00. The van der Waals surface area contributed by atoms with E-state index in [-0.39, 0.29) is 6.29 Å². The molecule has 100 valence electrons. The lowest BCUT2D eigenvalue weighted by atomic mass is 10.2. The van der Waals surface area contributed by atoms with Crippen molar-refractivity contribution in [2.45, 2.75) is 19.8 Å². The first-order chi connectivity index (χ1) is 9.29. The Morgan fingerprint density at radius 3 is 2.21 bits per heavy atom. The van der Waals surface area contributed by atoms with E-state index in [9.17, 15) is 0 Å². The Bertz CT molecular complexity index is 496. The van der Waals surface area contributed by atoms with Gasteiger partial charge in [0.15, 0.2) is 17.8 Å². The normalized spacial score (nSPS) is 11.9. The Morgan fingerprint density at radius 2 is 1.53 bits per heavy atom. The number of para-hydroxylation sites is 2. The summed E-state index contributed by atoms with van der Waals surface area (Å²) in [5.41, 5.74) is 1.12. The van der Waals surface area contributed by atoms with E-state index in [1.807, 2.05) is 61.5 Å². The van der Waals surface area contributed by atoms with Crippen molar-refractivity contribution in [2.75, 3.05) is 7.11 Å². The number of rotatable bonds is 6. The predicted octanol–water partition coefficient (Wildman–Crippen LogP) is 3.64. The highest BCUT2D eigenvalue weighted by Gasteiger charge is 2.08. The maximum atomic E-state index is 5.79. The first-order valence-electron chi connectivity index (χ1n) is 6.25. The molecule has 2 aromatic carbocycles. The SMILES string of the molecule is COC(C)Oc1ccccc1OCc1ccccc1. The topological polar surface area (TPSA) is 27.7 Å². The number of ether oxygens (including phenoxy) is 3. The largest absolute Gasteiger partial charge is 0.485 e. The van der Waals surface area contributed by atoms with Gasteiger partial charge < -0.3 is 14.2 Å². The number of benzene rings is 2. The molecule has 0 saturated heterocycles. The van der Waals surface area contributed by atoms with Gasteiger partial charge in [0.25, 0.3) is 0 Å². The van der Waals surface area contributed by atoms with Crippen LogP contribution in [0.3, 0.4) is 0 Å². The molecular weight excluding hydrogens is 240 g/mol. The molecule has 0 aliphatic rings. The van der Waals surface area contributed by atoms with Crippen molar-refractivity contribution in [3.05, 3.63) is 60.2 Å². The van der Waals surface area contributed by atoms with Gasteiger partial charge >= 0.3 is 0 Å². The molecule has 2 rings (SSSR count). The van der Waals surface area contributed by atoms with Crippen LogP contribution in [0.4, 0.5) is 0 Å². The third-order valence-electron chi connectivity index (χ3n) is 2.71. The molecule has 0 N–H and O–H groups in total. The van der Waals surface area contributed by atoms with Crippen LogP contribution in [0, 0.1) is 0 Å². The Balaban J connectivity index is 2.03. The molecule has 19 heavy (non-hydrogen) atoms. The van der Waals surface area contributed by atoms with E-state index < -0.39 is 0 Å². The molecule has 3 heteroatoms. The Kier molecular flexibility index (Phi) is 4.81. The highest BCUT2D eigenvalue weighted by molar-refractivity contribution is 5.39. The van der Waals surface area contributed by atoms with Crippen LogP contribution >= 0.6 is 0 Å². The first kappa shape index (κ1) is 13.4. The molecule has 0 bridgehead atoms. The molecule has 0 saturated carbocycles. The zero-order valence-corrected chi connectivity index (χ0v) is 11.2. The summed E-state index contributed by atoms with van der Waals surface area (Å²) in [6.07, 6.45) is -0.304. The van der Waals surface area contributed by atoms with Crippen molar-refractivity contribution in [1.29, 1.82) is 0 Å². The minimum atomic E-state index is -0.304. The molecule has 1 unspecified atom stereocenters. The van der Waals surface area contributed by atoms with Crippen LogP contribution in [0.15, 0.2) is 54.6 Å². The van der Waals surface area contributed by atoms with E-state index in [1.165, 1.54) is 0 Å². The van der Waals surface area contributed by atoms with Gasteiger partial charge in [-0.15, -0.1) is 0 Å². The van der Waals surface area contributed by atoms with Crippen LogP contribution in [0.1, 0.15) is 12.5 Å². The summed E-state index contributed by atoms with van der Waals surface area (Å²) in [6, 6.07) is 17.6. The van der Waals surface area contributed by atoms with Crippen molar-refractivity contribution in [2.24, 2.45) is 0 Å². The molecule has 0 aliphatic carbocycles. The Morgan fingerprint density at radius 1 is 0.895 bits per heavy atom. The fourth-order valence-electron chi connectivity index (χ4n) is 1.63. The summed E-state index contributed by atoms with van der Waals surface area (Å²) < 4.78 is 16.5. The molecule has 0 aliphatic heterocycles. The molecule has 0 fully saturated rings. The fourth-order valence-corrected chi connectivity index (χ4v) is 1.63. The monoisotopic (exact) mass is 258 g/mol. The summed E-state index contributed by atoms with van der Waals surface area (Å²) in [6.45, 7) is 2.36. The van der Waals surface area contributed by atoms with Crippen LogP contribution in [0.25, 0.3) is 0 Å². The maximum absolute atomic E-state index is 5.79. The van der Waals surface area contributed by atoms with Gasteiger partial charge in [-0.1, -0.05) is 42.5 Å². The van der Waals surface area contributed by atoms with E-state index in [4.69, 9.17) is 14.2 Å². The first-order valence-corrected chi connectivity index (χ1v) is 6.25. The smallest absolute Gasteiger partial charge is 0.196 e. The fraction of sp³-hybridized carbons (Fsp3) is 0.250. The zero-order valence-electron chi connectivity index (χ0n) is 11.2. The Labute approximate surface area is 113 Å². The van der Waals surface area contributed by atoms with Gasteiger partial charge in [-0.05, 0) is 24.6 Å². The van der Waals surface area contributed by atoms with Crippen molar-refractivity contribution in [3.8, 4) is 11.5 Å². The van der Waals surface area contributed by atoms with Crippen LogP contribution in [0.2, 0.25) is 0 Å². The molecule has 3 nitrogen and oxygen atoms in total. The van der Waals surface area contributed by atoms with Crippen molar-refractivity contribution < 1.29 is 14.2 Å². The zero-order chi connectivity index (χ0) is 13.5. The van der Waals surface area contributed by atoms with Gasteiger partial charge in [0.1, 0.15) is 6.61 Å². The summed E-state index contributed by atoms with van der Waals surface area (Å²) >= 11 is 0. The minimum absolute atomic E-state index is 0.304. The standard InChI is InChI=1S/C16H18O3/c1-13(17-2)19-16-11-7-6-10-15(16)18-12-14-8-4-3-5-9-14/h3-11,13H,12H2,1-2H3. The van der Waals surface area contributed by atoms with Crippen molar-refractivity contribution in [1.82, 2.24) is 0 Å². The third kappa shape index (κ3) is 4.00. The van der Waals surface area contributed by atoms with Gasteiger partial charge in [-0.2, -0.15) is 0 Å². The molecular formula is C16H18O3. The molecule has 0 amide bonds. The van der Waals surface area contributed by atoms with E-state index >= 15 is 0 Å². The van der Waals surface area contributed by atoms with Crippen LogP contribution in [0.5, 0.6) is 11.5 Å². The number of hydrogen-bond donors (Lipinski definition) is 0. The van der Waals surface area contributed by atoms with E-state index in [0.29, 0.717) is 12.4 Å². The van der Waals surface area contributed by atoms with Gasteiger partial charge in [0, 0.05) is 7.11 Å². The lowest BCUT2D eigenvalue weighted by Crippen LogP contribution is -2.14. The molecule has 0 spiro atoms. The van der Waals surface area contributed by atoms with E-state index in [2.05, 4.69) is 0 Å². The molecule has 0 radical (unpaired) electrons. The number of methoxy groups -OCH3 is 1. The van der Waals surface area contributed by atoms with Crippen LogP contribution in [-0.4, -0.2) is 13.4 Å². The summed E-state index contributed by atoms with van der Waals surface area (Å²) in [5.74, 6) is 1.41. The van der Waals surface area contributed by atoms with Gasteiger partial charge in [0.05, 0.1) is 0 Å². The summed E-state index contributed by atoms with van der Waals surface area (Å²) in [4.78, 5) is 0. The predicted molar refractivity (Wildman–Crippen MR) is 74.3 cm³/mol. The maximum Gasteiger partial charge on any atom is 0.196 e. The summed E-state index contributed by atoms with van der Waals surface area (Å²) in [5, 5.41) is 0. The quantitative estimate of drug-likeness (QED) is 0.740. The number of hydrogen-bond acceptors (Lipinski definition) is 3. The molecule has 0 aromatic heterocycles. The van der Waals surface area contributed by atoms with Gasteiger partial charge in [0.2, 0.25) is 0 Å². The van der Waals surface area contributed by atoms with E-state index in [1.54, 1.807) is 7.11 Å². The van der Waals surface area contributed by atoms with Gasteiger partial charge in [-0.3, -0.25) is 0 Å². The third-order valence-corrected chi connectivity index (χ3v) is 2.71. The lowest BCUT2D eigenvalue weighted by molar-refractivity contribution is -0.0398. The van der Waals surface area contributed by atoms with Crippen LogP contribution < -0.4 is 9.47 Å². The second kappa shape index (κ2) is 6.81. The average Bonchev–Trinajstić information content (AvgIpc) is 2.47. The second-order valence-corrected chi connectivity index (χ2v) is 4.14. The molecule has 1 atom stereocenters. The average molecular weight is 258 g/mol. The van der Waals surface area contributed by atoms with Crippen LogP contribution in [-0.2, 0) is 11.3 Å². The minimum Gasteiger partial charge on any atom is -0.485 e. The highest BCUT2D eigenvalue weighted by Crippen LogP contribution is 2.28. The highest BCUT2D eigenvalue weighted by atomic mass is 16.7. The van der Waals surface area contributed by atoms with Gasteiger partial charge in [-0.25, -0.2) is 0 Å². The lowest BCUT2D eigenvalue weighted by Gasteiger charge is -2.16. The summed E-state index contributed by atoms with van der Waals surface area (Å²) in [7, 11) is 1.61. The van der Waals surface area contributed by atoms with E-state index in [0.717, 1.165) is 11.3 Å². The molecule has 0 heterocycles. The molecule has 2 aromatic rings.